The second-order valence-corrected chi connectivity index (χ2v) is 4.15. The highest BCUT2D eigenvalue weighted by molar-refractivity contribution is 5.94. The third kappa shape index (κ3) is 3.22. The lowest BCUT2D eigenvalue weighted by molar-refractivity contribution is -0.118. The zero-order chi connectivity index (χ0) is 13.9. The maximum absolute atomic E-state index is 12.9. The van der Waals surface area contributed by atoms with E-state index in [9.17, 15) is 18.0 Å². The number of nitrogens with one attached hydrogen (secondary N) is 1. The van der Waals surface area contributed by atoms with Gasteiger partial charge in [0.2, 0.25) is 5.91 Å². The molecule has 0 saturated carbocycles. The highest BCUT2D eigenvalue weighted by Gasteiger charge is 2.20. The monoisotopic (exact) mass is 260 g/mol. The fraction of sp³-hybridized carbons (Fsp3) is 0.417. The standard InChI is InChI=1S/C12H15F3N2O/c1-3-6(2)11(16)12(18)17-7-4-8(13)10(15)9(14)5-7/h4-6,11H,3,16H2,1-2H3,(H,17,18). The number of amides is 1. The van der Waals surface area contributed by atoms with Crippen molar-refractivity contribution in [3.63, 3.8) is 0 Å². The second kappa shape index (κ2) is 5.86. The number of anilines is 1. The Morgan fingerprint density at radius 2 is 1.83 bits per heavy atom. The normalized spacial score (nSPS) is 14.1. The Morgan fingerprint density at radius 1 is 1.33 bits per heavy atom. The summed E-state index contributed by atoms with van der Waals surface area (Å²) in [6.45, 7) is 3.66. The molecule has 0 aliphatic heterocycles. The van der Waals surface area contributed by atoms with Crippen molar-refractivity contribution in [1.29, 1.82) is 0 Å². The summed E-state index contributed by atoms with van der Waals surface area (Å²) in [5.41, 5.74) is 5.49. The van der Waals surface area contributed by atoms with Gasteiger partial charge in [0, 0.05) is 17.8 Å². The number of hydrogen-bond acceptors (Lipinski definition) is 2. The molecule has 1 rings (SSSR count). The summed E-state index contributed by atoms with van der Waals surface area (Å²) in [7, 11) is 0. The van der Waals surface area contributed by atoms with E-state index in [2.05, 4.69) is 5.32 Å². The van der Waals surface area contributed by atoms with Crippen LogP contribution in [0.2, 0.25) is 0 Å². The molecule has 0 aliphatic rings. The average molecular weight is 260 g/mol. The Kier molecular flexibility index (Phi) is 4.72. The van der Waals surface area contributed by atoms with Gasteiger partial charge >= 0.3 is 0 Å². The number of nitrogens with two attached hydrogens (primary N) is 1. The molecule has 6 heteroatoms. The van der Waals surface area contributed by atoms with Crippen LogP contribution < -0.4 is 11.1 Å². The minimum Gasteiger partial charge on any atom is -0.325 e. The van der Waals surface area contributed by atoms with E-state index in [0.29, 0.717) is 18.6 Å². The van der Waals surface area contributed by atoms with Crippen molar-refractivity contribution < 1.29 is 18.0 Å². The Balaban J connectivity index is 2.82. The Labute approximate surface area is 103 Å². The van der Waals surface area contributed by atoms with Gasteiger partial charge in [-0.25, -0.2) is 13.2 Å². The number of halogens is 3. The summed E-state index contributed by atoms with van der Waals surface area (Å²) in [6.07, 6.45) is 0.695. The molecule has 2 unspecified atom stereocenters. The highest BCUT2D eigenvalue weighted by Crippen LogP contribution is 2.18. The summed E-state index contributed by atoms with van der Waals surface area (Å²) in [5.74, 6) is -4.92. The lowest BCUT2D eigenvalue weighted by Gasteiger charge is -2.17. The van der Waals surface area contributed by atoms with Gasteiger partial charge in [-0.1, -0.05) is 20.3 Å². The summed E-state index contributed by atoms with van der Waals surface area (Å²) in [6, 6.07) is 0.630. The molecule has 18 heavy (non-hydrogen) atoms. The van der Waals surface area contributed by atoms with E-state index in [0.717, 1.165) is 0 Å². The Morgan fingerprint density at radius 3 is 2.28 bits per heavy atom. The average Bonchev–Trinajstić information content (AvgIpc) is 2.33. The van der Waals surface area contributed by atoms with Crippen LogP contribution >= 0.6 is 0 Å². The molecule has 1 aromatic carbocycles. The summed E-state index contributed by atoms with van der Waals surface area (Å²) in [5, 5.41) is 2.26. The van der Waals surface area contributed by atoms with Crippen LogP contribution in [-0.2, 0) is 4.79 Å². The molecular formula is C12H15F3N2O. The van der Waals surface area contributed by atoms with Gasteiger partial charge in [0.15, 0.2) is 17.5 Å². The molecule has 2 atom stereocenters. The van der Waals surface area contributed by atoms with E-state index in [4.69, 9.17) is 5.73 Å². The summed E-state index contributed by atoms with van der Waals surface area (Å²) < 4.78 is 38.5. The van der Waals surface area contributed by atoms with Gasteiger partial charge in [0.05, 0.1) is 6.04 Å². The predicted octanol–water partition coefficient (Wildman–Crippen LogP) is 2.42. The number of carbonyl (C=O) groups excluding carboxylic acids is 1. The first kappa shape index (κ1) is 14.5. The lowest BCUT2D eigenvalue weighted by atomic mass is 9.99. The van der Waals surface area contributed by atoms with Gasteiger partial charge in [-0.05, 0) is 5.92 Å². The lowest BCUT2D eigenvalue weighted by Crippen LogP contribution is -2.40. The smallest absolute Gasteiger partial charge is 0.241 e. The van der Waals surface area contributed by atoms with Crippen molar-refractivity contribution in [3.05, 3.63) is 29.6 Å². The SMILES string of the molecule is CCC(C)C(N)C(=O)Nc1cc(F)c(F)c(F)c1. The van der Waals surface area contributed by atoms with Crippen LogP contribution in [0.5, 0.6) is 0 Å². The van der Waals surface area contributed by atoms with Crippen LogP contribution in [0, 0.1) is 23.4 Å². The van der Waals surface area contributed by atoms with Crippen molar-refractivity contribution in [2.45, 2.75) is 26.3 Å². The van der Waals surface area contributed by atoms with Crippen molar-refractivity contribution >= 4 is 11.6 Å². The van der Waals surface area contributed by atoms with E-state index in [1.807, 2.05) is 6.92 Å². The van der Waals surface area contributed by atoms with Crippen LogP contribution in [0.25, 0.3) is 0 Å². The Hall–Kier alpha value is -1.56. The minimum absolute atomic E-state index is 0.0693. The molecule has 0 radical (unpaired) electrons. The maximum Gasteiger partial charge on any atom is 0.241 e. The largest absolute Gasteiger partial charge is 0.325 e. The molecular weight excluding hydrogens is 245 g/mol. The van der Waals surface area contributed by atoms with Gasteiger partial charge in [-0.15, -0.1) is 0 Å². The van der Waals surface area contributed by atoms with Crippen LogP contribution in [-0.4, -0.2) is 11.9 Å². The molecule has 0 fully saturated rings. The van der Waals surface area contributed by atoms with Crippen molar-refractivity contribution in [2.75, 3.05) is 5.32 Å². The van der Waals surface area contributed by atoms with E-state index in [1.54, 1.807) is 6.92 Å². The molecule has 3 nitrogen and oxygen atoms in total. The third-order valence-electron chi connectivity index (χ3n) is 2.81. The molecule has 0 saturated heterocycles. The van der Waals surface area contributed by atoms with E-state index < -0.39 is 29.4 Å². The van der Waals surface area contributed by atoms with Gasteiger partial charge in [-0.3, -0.25) is 4.79 Å². The number of hydrogen-bond donors (Lipinski definition) is 2. The summed E-state index contributed by atoms with van der Waals surface area (Å²) in [4.78, 5) is 11.6. The quantitative estimate of drug-likeness (QED) is 0.817. The first-order valence-corrected chi connectivity index (χ1v) is 5.57. The molecule has 0 bridgehead atoms. The van der Waals surface area contributed by atoms with Gasteiger partial charge in [-0.2, -0.15) is 0 Å². The van der Waals surface area contributed by atoms with Crippen LogP contribution in [0.3, 0.4) is 0 Å². The van der Waals surface area contributed by atoms with E-state index in [-0.39, 0.29) is 11.6 Å². The van der Waals surface area contributed by atoms with Crippen molar-refractivity contribution in [1.82, 2.24) is 0 Å². The maximum atomic E-state index is 12.9. The minimum atomic E-state index is -1.57. The Bertz CT molecular complexity index is 428. The first-order valence-electron chi connectivity index (χ1n) is 5.57. The van der Waals surface area contributed by atoms with Crippen LogP contribution in [0.4, 0.5) is 18.9 Å². The van der Waals surface area contributed by atoms with E-state index in [1.165, 1.54) is 0 Å². The fourth-order valence-electron chi connectivity index (χ4n) is 1.37. The fourth-order valence-corrected chi connectivity index (χ4v) is 1.37. The van der Waals surface area contributed by atoms with Gasteiger partial charge in [0.25, 0.3) is 0 Å². The molecule has 1 amide bonds. The van der Waals surface area contributed by atoms with Crippen molar-refractivity contribution in [2.24, 2.45) is 11.7 Å². The van der Waals surface area contributed by atoms with Crippen LogP contribution in [0.15, 0.2) is 12.1 Å². The molecule has 0 heterocycles. The second-order valence-electron chi connectivity index (χ2n) is 4.15. The highest BCUT2D eigenvalue weighted by atomic mass is 19.2. The van der Waals surface area contributed by atoms with E-state index >= 15 is 0 Å². The topological polar surface area (TPSA) is 55.1 Å². The predicted molar refractivity (Wildman–Crippen MR) is 62.4 cm³/mol. The number of rotatable bonds is 4. The number of carbonyl (C=O) groups is 1. The zero-order valence-electron chi connectivity index (χ0n) is 10.1. The van der Waals surface area contributed by atoms with Gasteiger partial charge in [0.1, 0.15) is 0 Å². The molecule has 0 aromatic heterocycles. The summed E-state index contributed by atoms with van der Waals surface area (Å²) >= 11 is 0. The molecule has 0 spiro atoms. The number of benzene rings is 1. The molecule has 1 aromatic rings. The molecule has 3 N–H and O–H groups in total. The van der Waals surface area contributed by atoms with Crippen LogP contribution in [0.1, 0.15) is 20.3 Å². The molecule has 100 valence electrons. The molecule has 0 aliphatic carbocycles. The first-order chi connectivity index (χ1) is 8.36. The van der Waals surface area contributed by atoms with Gasteiger partial charge < -0.3 is 11.1 Å². The third-order valence-corrected chi connectivity index (χ3v) is 2.81. The zero-order valence-corrected chi connectivity index (χ0v) is 10.1. The van der Waals surface area contributed by atoms with Crippen molar-refractivity contribution in [3.8, 4) is 0 Å².